The number of ether oxygens (including phenoxy) is 1. The van der Waals surface area contributed by atoms with Gasteiger partial charge in [-0.1, -0.05) is 11.6 Å². The van der Waals surface area contributed by atoms with E-state index in [1.807, 2.05) is 0 Å². The molecule has 144 valence electrons. The number of anilines is 1. The van der Waals surface area contributed by atoms with Crippen molar-refractivity contribution in [2.45, 2.75) is 45.2 Å². The van der Waals surface area contributed by atoms with Crippen LogP contribution in [0, 0.1) is 0 Å². The van der Waals surface area contributed by atoms with Crippen LogP contribution in [-0.2, 0) is 16.1 Å². The van der Waals surface area contributed by atoms with Gasteiger partial charge in [0, 0.05) is 26.1 Å². The first-order valence-electron chi connectivity index (χ1n) is 8.52. The van der Waals surface area contributed by atoms with Crippen molar-refractivity contribution >= 4 is 29.5 Å². The summed E-state index contributed by atoms with van der Waals surface area (Å²) in [5.74, 6) is -0.299. The molecule has 0 radical (unpaired) electrons. The Labute approximate surface area is 155 Å². The molecule has 26 heavy (non-hydrogen) atoms. The smallest absolute Gasteiger partial charge is 0.407 e. The molecule has 1 amide bonds. The van der Waals surface area contributed by atoms with Gasteiger partial charge in [-0.05, 0) is 25.7 Å². The lowest BCUT2D eigenvalue weighted by molar-refractivity contribution is -0.141. The first-order chi connectivity index (χ1) is 12.4. The van der Waals surface area contributed by atoms with Gasteiger partial charge < -0.3 is 20.1 Å². The van der Waals surface area contributed by atoms with Gasteiger partial charge in [-0.2, -0.15) is 0 Å². The number of piperidine rings is 1. The predicted molar refractivity (Wildman–Crippen MR) is 95.6 cm³/mol. The van der Waals surface area contributed by atoms with E-state index in [-0.39, 0.29) is 30.2 Å². The topological polar surface area (TPSA) is 114 Å². The average molecular weight is 387 g/mol. The number of aromatic nitrogens is 2. The van der Waals surface area contributed by atoms with E-state index in [0.717, 1.165) is 19.3 Å². The zero-order valence-electron chi connectivity index (χ0n) is 14.6. The molecule has 0 aromatic carbocycles. The molecule has 9 nitrogen and oxygen atoms in total. The summed E-state index contributed by atoms with van der Waals surface area (Å²) in [6.45, 7) is 2.41. The van der Waals surface area contributed by atoms with Crippen LogP contribution in [-0.4, -0.2) is 57.4 Å². The Hall–Kier alpha value is -2.29. The first-order valence-corrected chi connectivity index (χ1v) is 8.90. The van der Waals surface area contributed by atoms with Gasteiger partial charge in [0.2, 0.25) is 0 Å². The van der Waals surface area contributed by atoms with Crippen molar-refractivity contribution in [3.63, 3.8) is 0 Å². The lowest BCUT2D eigenvalue weighted by Crippen LogP contribution is -2.43. The molecule has 0 saturated carbocycles. The number of rotatable bonds is 7. The number of carboxylic acid groups (broad SMARTS) is 1. The first kappa shape index (κ1) is 20.0. The van der Waals surface area contributed by atoms with Crippen LogP contribution in [0.1, 0.15) is 32.6 Å². The van der Waals surface area contributed by atoms with E-state index in [2.05, 4.69) is 10.3 Å². The quantitative estimate of drug-likeness (QED) is 0.686. The monoisotopic (exact) mass is 386 g/mol. The number of halogens is 1. The molecule has 0 aliphatic carbocycles. The maximum absolute atomic E-state index is 12.4. The van der Waals surface area contributed by atoms with Crippen molar-refractivity contribution < 1.29 is 19.4 Å². The molecule has 1 aliphatic heterocycles. The van der Waals surface area contributed by atoms with Gasteiger partial charge in [0.1, 0.15) is 11.8 Å². The van der Waals surface area contributed by atoms with Crippen LogP contribution in [0.3, 0.4) is 0 Å². The minimum absolute atomic E-state index is 0.0358. The maximum Gasteiger partial charge on any atom is 0.407 e. The Morgan fingerprint density at radius 1 is 1.46 bits per heavy atom. The van der Waals surface area contributed by atoms with E-state index in [9.17, 15) is 19.5 Å². The summed E-state index contributed by atoms with van der Waals surface area (Å²) < 4.78 is 6.10. The number of carbonyl (C=O) groups is 2. The minimum atomic E-state index is -0.910. The van der Waals surface area contributed by atoms with Crippen molar-refractivity contribution in [1.82, 2.24) is 14.5 Å². The van der Waals surface area contributed by atoms with E-state index in [1.165, 1.54) is 22.6 Å². The summed E-state index contributed by atoms with van der Waals surface area (Å²) >= 11 is 5.99. The second-order valence-corrected chi connectivity index (χ2v) is 6.45. The van der Waals surface area contributed by atoms with Crippen molar-refractivity contribution in [1.29, 1.82) is 0 Å². The zero-order valence-corrected chi connectivity index (χ0v) is 15.4. The Morgan fingerprint density at radius 3 is 2.92 bits per heavy atom. The molecular weight excluding hydrogens is 364 g/mol. The van der Waals surface area contributed by atoms with E-state index >= 15 is 0 Å². The number of nitrogens with zero attached hydrogens (tertiary/aromatic N) is 3. The molecule has 1 atom stereocenters. The highest BCUT2D eigenvalue weighted by molar-refractivity contribution is 6.29. The van der Waals surface area contributed by atoms with E-state index in [0.29, 0.717) is 19.5 Å². The van der Waals surface area contributed by atoms with Crippen molar-refractivity contribution in [3.8, 4) is 0 Å². The van der Waals surface area contributed by atoms with E-state index in [4.69, 9.17) is 16.3 Å². The number of carbonyl (C=O) groups excluding carboxylic acids is 1. The molecule has 2 heterocycles. The lowest BCUT2D eigenvalue weighted by atomic mass is 10.00. The molecule has 1 saturated heterocycles. The Kier molecular flexibility index (Phi) is 7.26. The standard InChI is InChI=1S/C16H23ClN4O5/c1-11(22)26-9-8-21-13(17)10-19-14(15(21)23)18-6-5-12-4-2-3-7-20(12)16(24)25/h10,12H,2-9H2,1H3,(H,18,19)(H,24,25). The number of hydrogen-bond acceptors (Lipinski definition) is 6. The van der Waals surface area contributed by atoms with Crippen LogP contribution >= 0.6 is 11.6 Å². The highest BCUT2D eigenvalue weighted by atomic mass is 35.5. The maximum atomic E-state index is 12.4. The fourth-order valence-electron chi connectivity index (χ4n) is 2.99. The average Bonchev–Trinajstić information content (AvgIpc) is 2.60. The summed E-state index contributed by atoms with van der Waals surface area (Å²) in [6.07, 6.45) is 3.71. The van der Waals surface area contributed by atoms with Gasteiger partial charge in [0.25, 0.3) is 5.56 Å². The van der Waals surface area contributed by atoms with Crippen molar-refractivity contribution in [2.24, 2.45) is 0 Å². The molecule has 2 N–H and O–H groups in total. The van der Waals surface area contributed by atoms with Gasteiger partial charge in [-0.15, -0.1) is 0 Å². The Bertz CT molecular complexity index is 708. The zero-order chi connectivity index (χ0) is 19.1. The van der Waals surface area contributed by atoms with Gasteiger partial charge in [-0.25, -0.2) is 9.78 Å². The number of likely N-dealkylation sites (tertiary alicyclic amines) is 1. The van der Waals surface area contributed by atoms with Crippen LogP contribution in [0.25, 0.3) is 0 Å². The summed E-state index contributed by atoms with van der Waals surface area (Å²) in [6, 6.07) is -0.0627. The van der Waals surface area contributed by atoms with Gasteiger partial charge >= 0.3 is 12.1 Å². The normalized spacial score (nSPS) is 17.0. The molecule has 2 rings (SSSR count). The summed E-state index contributed by atoms with van der Waals surface area (Å²) in [7, 11) is 0. The van der Waals surface area contributed by atoms with Gasteiger partial charge in [0.15, 0.2) is 5.82 Å². The summed E-state index contributed by atoms with van der Waals surface area (Å²) in [4.78, 5) is 40.0. The third kappa shape index (κ3) is 5.35. The SMILES string of the molecule is CC(=O)OCCn1c(Cl)cnc(NCCC2CCCCN2C(=O)O)c1=O. The molecule has 1 unspecified atom stereocenters. The second kappa shape index (κ2) is 9.42. The predicted octanol–water partition coefficient (Wildman–Crippen LogP) is 1.79. The van der Waals surface area contributed by atoms with Crippen LogP contribution < -0.4 is 10.9 Å². The molecule has 0 bridgehead atoms. The van der Waals surface area contributed by atoms with E-state index < -0.39 is 17.6 Å². The summed E-state index contributed by atoms with van der Waals surface area (Å²) in [5.41, 5.74) is -0.414. The van der Waals surface area contributed by atoms with Gasteiger partial charge in [0.05, 0.1) is 12.7 Å². The third-order valence-electron chi connectivity index (χ3n) is 4.27. The Morgan fingerprint density at radius 2 is 2.23 bits per heavy atom. The molecule has 0 spiro atoms. The lowest BCUT2D eigenvalue weighted by Gasteiger charge is -2.33. The number of esters is 1. The fraction of sp³-hybridized carbons (Fsp3) is 0.625. The molecule has 1 aromatic rings. The van der Waals surface area contributed by atoms with Crippen LogP contribution in [0.4, 0.5) is 10.6 Å². The fourth-order valence-corrected chi connectivity index (χ4v) is 3.20. The number of hydrogen-bond donors (Lipinski definition) is 2. The largest absolute Gasteiger partial charge is 0.465 e. The van der Waals surface area contributed by atoms with Crippen LogP contribution in [0.5, 0.6) is 0 Å². The van der Waals surface area contributed by atoms with E-state index in [1.54, 1.807) is 0 Å². The number of amides is 1. The highest BCUT2D eigenvalue weighted by Crippen LogP contribution is 2.19. The molecule has 1 fully saturated rings. The highest BCUT2D eigenvalue weighted by Gasteiger charge is 2.25. The number of nitrogens with one attached hydrogen (secondary N) is 1. The van der Waals surface area contributed by atoms with Gasteiger partial charge in [-0.3, -0.25) is 14.2 Å². The molecule has 10 heteroatoms. The third-order valence-corrected chi connectivity index (χ3v) is 4.57. The molecule has 1 aromatic heterocycles. The molecule has 1 aliphatic rings. The van der Waals surface area contributed by atoms with Crippen LogP contribution in [0.15, 0.2) is 11.0 Å². The second-order valence-electron chi connectivity index (χ2n) is 6.07. The minimum Gasteiger partial charge on any atom is -0.465 e. The van der Waals surface area contributed by atoms with Crippen LogP contribution in [0.2, 0.25) is 5.15 Å². The molecular formula is C16H23ClN4O5. The van der Waals surface area contributed by atoms with Crippen molar-refractivity contribution in [2.75, 3.05) is 25.0 Å². The Balaban J connectivity index is 1.95. The van der Waals surface area contributed by atoms with Crippen molar-refractivity contribution in [3.05, 3.63) is 21.7 Å². The summed E-state index contributed by atoms with van der Waals surface area (Å²) in [5, 5.41) is 12.4.